The van der Waals surface area contributed by atoms with Gasteiger partial charge >= 0.3 is 6.29 Å². The lowest BCUT2D eigenvalue weighted by molar-refractivity contribution is -0.286. The fourth-order valence-electron chi connectivity index (χ4n) is 4.07. The predicted molar refractivity (Wildman–Crippen MR) is 109 cm³/mol. The third-order valence-electron chi connectivity index (χ3n) is 5.81. The van der Waals surface area contributed by atoms with E-state index < -0.39 is 11.7 Å². The summed E-state index contributed by atoms with van der Waals surface area (Å²) < 4.78 is 37.8. The molecule has 1 amide bonds. The SMILES string of the molecule is CC(C)(C)n1ccc2cc(NC(=O)C3(c4ccc5c(c4)OC(F)(F)O5)CC3)ccc21. The molecular formula is C23H22F2N2O3. The fraction of sp³-hybridized carbons (Fsp3) is 0.348. The number of hydrogen-bond donors (Lipinski definition) is 1. The Labute approximate surface area is 172 Å². The molecule has 2 heterocycles. The van der Waals surface area contributed by atoms with Crippen LogP contribution in [0.25, 0.3) is 10.9 Å². The van der Waals surface area contributed by atoms with Gasteiger partial charge in [0.2, 0.25) is 5.91 Å². The number of rotatable bonds is 3. The van der Waals surface area contributed by atoms with Crippen molar-refractivity contribution < 1.29 is 23.0 Å². The van der Waals surface area contributed by atoms with E-state index in [4.69, 9.17) is 0 Å². The molecule has 0 radical (unpaired) electrons. The summed E-state index contributed by atoms with van der Waals surface area (Å²) in [5, 5.41) is 4.04. The average molecular weight is 412 g/mol. The topological polar surface area (TPSA) is 52.5 Å². The number of alkyl halides is 2. The molecule has 0 unspecified atom stereocenters. The van der Waals surface area contributed by atoms with Crippen molar-refractivity contribution in [3.05, 3.63) is 54.2 Å². The molecule has 1 aliphatic carbocycles. The number of carbonyl (C=O) groups is 1. The third kappa shape index (κ3) is 3.00. The van der Waals surface area contributed by atoms with Crippen LogP contribution in [0.15, 0.2) is 48.7 Å². The van der Waals surface area contributed by atoms with E-state index in [1.54, 1.807) is 6.07 Å². The van der Waals surface area contributed by atoms with E-state index in [9.17, 15) is 13.6 Å². The number of aromatic nitrogens is 1. The molecule has 3 aromatic rings. The first kappa shape index (κ1) is 18.9. The highest BCUT2D eigenvalue weighted by atomic mass is 19.3. The van der Waals surface area contributed by atoms with Gasteiger partial charge in [0.25, 0.3) is 0 Å². The number of nitrogens with one attached hydrogen (secondary N) is 1. The van der Waals surface area contributed by atoms with Crippen LogP contribution < -0.4 is 14.8 Å². The lowest BCUT2D eigenvalue weighted by Gasteiger charge is -2.22. The van der Waals surface area contributed by atoms with E-state index in [0.29, 0.717) is 24.1 Å². The van der Waals surface area contributed by atoms with Crippen LogP contribution in [0.1, 0.15) is 39.2 Å². The molecule has 7 heteroatoms. The van der Waals surface area contributed by atoms with Crippen LogP contribution in [0.5, 0.6) is 11.5 Å². The van der Waals surface area contributed by atoms with Gasteiger partial charge < -0.3 is 19.4 Å². The lowest BCUT2D eigenvalue weighted by Crippen LogP contribution is -2.28. The number of fused-ring (bicyclic) bond motifs is 2. The Morgan fingerprint density at radius 1 is 1.03 bits per heavy atom. The third-order valence-corrected chi connectivity index (χ3v) is 5.81. The van der Waals surface area contributed by atoms with Crippen molar-refractivity contribution in [1.29, 1.82) is 0 Å². The molecule has 2 aliphatic rings. The number of nitrogens with zero attached hydrogens (tertiary/aromatic N) is 1. The molecule has 5 rings (SSSR count). The van der Waals surface area contributed by atoms with Crippen molar-refractivity contribution in [2.24, 2.45) is 0 Å². The summed E-state index contributed by atoms with van der Waals surface area (Å²) in [6.45, 7) is 6.42. The number of hydrogen-bond acceptors (Lipinski definition) is 3. The Bertz CT molecular complexity index is 1170. The molecular weight excluding hydrogens is 390 g/mol. The number of ether oxygens (including phenoxy) is 2. The molecule has 0 bridgehead atoms. The second kappa shape index (κ2) is 5.97. The molecule has 2 aromatic carbocycles. The predicted octanol–water partition coefficient (Wildman–Crippen LogP) is 5.39. The Balaban J connectivity index is 1.39. The zero-order chi connectivity index (χ0) is 21.3. The first-order valence-corrected chi connectivity index (χ1v) is 9.91. The van der Waals surface area contributed by atoms with Crippen LogP contribution in [0.2, 0.25) is 0 Å². The first-order chi connectivity index (χ1) is 14.1. The molecule has 5 nitrogen and oxygen atoms in total. The maximum absolute atomic E-state index is 13.3. The van der Waals surface area contributed by atoms with Crippen LogP contribution in [0.4, 0.5) is 14.5 Å². The summed E-state index contributed by atoms with van der Waals surface area (Å²) in [6.07, 6.45) is -0.325. The zero-order valence-corrected chi connectivity index (χ0v) is 17.0. The fourth-order valence-corrected chi connectivity index (χ4v) is 4.07. The molecule has 0 saturated heterocycles. The number of anilines is 1. The van der Waals surface area contributed by atoms with Gasteiger partial charge in [-0.2, -0.15) is 0 Å². The van der Waals surface area contributed by atoms with Crippen molar-refractivity contribution in [2.45, 2.75) is 50.9 Å². The van der Waals surface area contributed by atoms with Crippen molar-refractivity contribution >= 4 is 22.5 Å². The Hall–Kier alpha value is -3.09. The van der Waals surface area contributed by atoms with Crippen LogP contribution in [-0.2, 0) is 15.7 Å². The average Bonchev–Trinajstić information content (AvgIpc) is 3.24. The molecule has 1 N–H and O–H groups in total. The van der Waals surface area contributed by atoms with Crippen molar-refractivity contribution in [3.8, 4) is 11.5 Å². The molecule has 1 aromatic heterocycles. The van der Waals surface area contributed by atoms with Crippen LogP contribution in [0, 0.1) is 0 Å². The highest BCUT2D eigenvalue weighted by Gasteiger charge is 2.52. The van der Waals surface area contributed by atoms with E-state index in [0.717, 1.165) is 10.9 Å². The number of halogens is 2. The summed E-state index contributed by atoms with van der Waals surface area (Å²) in [4.78, 5) is 13.1. The minimum Gasteiger partial charge on any atom is -0.395 e. The normalized spacial score (nSPS) is 18.4. The standard InChI is InChI=1S/C23H22F2N2O3/c1-21(2,3)27-11-8-14-12-16(5-6-17(14)27)26-20(28)22(9-10-22)15-4-7-18-19(13-15)30-23(24,25)29-18/h4-8,11-13H,9-10H2,1-3H3,(H,26,28). The zero-order valence-electron chi connectivity index (χ0n) is 17.0. The molecule has 30 heavy (non-hydrogen) atoms. The van der Waals surface area contributed by atoms with Crippen molar-refractivity contribution in [3.63, 3.8) is 0 Å². The van der Waals surface area contributed by atoms with Crippen LogP contribution in [0.3, 0.4) is 0 Å². The van der Waals surface area contributed by atoms with Crippen molar-refractivity contribution in [1.82, 2.24) is 4.57 Å². The Kier molecular flexibility index (Phi) is 3.76. The van der Waals surface area contributed by atoms with Gasteiger partial charge in [-0.1, -0.05) is 6.07 Å². The smallest absolute Gasteiger partial charge is 0.395 e. The van der Waals surface area contributed by atoms with E-state index in [1.807, 2.05) is 30.5 Å². The van der Waals surface area contributed by atoms with Crippen molar-refractivity contribution in [2.75, 3.05) is 5.32 Å². The lowest BCUT2D eigenvalue weighted by atomic mass is 9.94. The number of carbonyl (C=O) groups excluding carboxylic acids is 1. The van der Waals surface area contributed by atoms with Gasteiger partial charge in [0.15, 0.2) is 11.5 Å². The molecule has 1 aliphatic heterocycles. The molecule has 0 spiro atoms. The largest absolute Gasteiger partial charge is 0.586 e. The van der Waals surface area contributed by atoms with Gasteiger partial charge in [-0.15, -0.1) is 8.78 Å². The first-order valence-electron chi connectivity index (χ1n) is 9.91. The van der Waals surface area contributed by atoms with Crippen LogP contribution >= 0.6 is 0 Å². The van der Waals surface area contributed by atoms with E-state index in [2.05, 4.69) is 40.1 Å². The second-order valence-electron chi connectivity index (χ2n) is 9.00. The summed E-state index contributed by atoms with van der Waals surface area (Å²) in [6, 6.07) is 12.4. The number of amides is 1. The van der Waals surface area contributed by atoms with E-state index in [1.165, 1.54) is 12.1 Å². The summed E-state index contributed by atoms with van der Waals surface area (Å²) in [7, 11) is 0. The molecule has 1 fully saturated rings. The maximum Gasteiger partial charge on any atom is 0.586 e. The monoisotopic (exact) mass is 412 g/mol. The Morgan fingerprint density at radius 3 is 2.47 bits per heavy atom. The van der Waals surface area contributed by atoms with Gasteiger partial charge in [0, 0.05) is 28.3 Å². The molecule has 156 valence electrons. The van der Waals surface area contributed by atoms with E-state index >= 15 is 0 Å². The minimum atomic E-state index is -3.67. The van der Waals surface area contributed by atoms with Gasteiger partial charge in [-0.3, -0.25) is 4.79 Å². The van der Waals surface area contributed by atoms with Gasteiger partial charge in [0.1, 0.15) is 0 Å². The minimum absolute atomic E-state index is 0.0197. The Morgan fingerprint density at radius 2 is 1.77 bits per heavy atom. The van der Waals surface area contributed by atoms with Gasteiger partial charge in [-0.05, 0) is 75.6 Å². The maximum atomic E-state index is 13.3. The summed E-state index contributed by atoms with van der Waals surface area (Å²) in [5.41, 5.74) is 1.68. The molecule has 0 atom stereocenters. The second-order valence-corrected chi connectivity index (χ2v) is 9.00. The highest BCUT2D eigenvalue weighted by Crippen LogP contribution is 2.52. The van der Waals surface area contributed by atoms with Gasteiger partial charge in [-0.25, -0.2) is 0 Å². The van der Waals surface area contributed by atoms with E-state index in [-0.39, 0.29) is 22.9 Å². The summed E-state index contributed by atoms with van der Waals surface area (Å²) in [5.74, 6) is -0.210. The molecule has 1 saturated carbocycles. The highest BCUT2D eigenvalue weighted by molar-refractivity contribution is 6.02. The quantitative estimate of drug-likeness (QED) is 0.628. The van der Waals surface area contributed by atoms with Crippen LogP contribution in [-0.4, -0.2) is 16.8 Å². The summed E-state index contributed by atoms with van der Waals surface area (Å²) >= 11 is 0. The number of benzene rings is 2. The van der Waals surface area contributed by atoms with Gasteiger partial charge in [0.05, 0.1) is 5.41 Å².